The zero-order valence-corrected chi connectivity index (χ0v) is 21.5. The average Bonchev–Trinajstić information content (AvgIpc) is 2.64. The van der Waals surface area contributed by atoms with E-state index in [9.17, 15) is 8.42 Å². The molecule has 6 nitrogen and oxygen atoms in total. The van der Waals surface area contributed by atoms with Crippen molar-refractivity contribution in [2.24, 2.45) is 4.99 Å². The van der Waals surface area contributed by atoms with Gasteiger partial charge in [-0.2, -0.15) is 0 Å². The van der Waals surface area contributed by atoms with Crippen LogP contribution in [0.25, 0.3) is 0 Å². The SMILES string of the molecule is CCNC(=NCCC(C)N(C)Cc1ccccc1)N1CCS(=O)(=O)C(C)(C)C1.I. The number of guanidine groups is 1. The molecule has 0 aliphatic carbocycles. The molecule has 1 heterocycles. The molecule has 0 amide bonds. The maximum Gasteiger partial charge on any atom is 0.193 e. The number of halogens is 1. The second-order valence-corrected chi connectivity index (χ2v) is 11.0. The molecule has 1 N–H and O–H groups in total. The standard InChI is InChI=1S/C21H36N4O2S.HI/c1-6-22-20(25-14-15-28(26,27)21(3,4)17-25)23-13-12-18(2)24(5)16-19-10-8-7-9-11-19;/h7-11,18H,6,12-17H2,1-5H3,(H,22,23);1H. The zero-order chi connectivity index (χ0) is 20.8. The maximum atomic E-state index is 12.3. The van der Waals surface area contributed by atoms with E-state index in [1.54, 1.807) is 13.8 Å². The molecule has 0 spiro atoms. The number of aliphatic imine (C=N–C) groups is 1. The summed E-state index contributed by atoms with van der Waals surface area (Å²) in [4.78, 5) is 9.22. The summed E-state index contributed by atoms with van der Waals surface area (Å²) in [5, 5.41) is 3.33. The molecule has 0 radical (unpaired) electrons. The van der Waals surface area contributed by atoms with Crippen molar-refractivity contribution in [1.82, 2.24) is 15.1 Å². The number of rotatable bonds is 7. The molecule has 8 heteroatoms. The highest BCUT2D eigenvalue weighted by Gasteiger charge is 2.40. The Morgan fingerprint density at radius 2 is 1.97 bits per heavy atom. The molecule has 2 rings (SSSR count). The fraction of sp³-hybridized carbons (Fsp3) is 0.667. The van der Waals surface area contributed by atoms with Crippen LogP contribution in [0.2, 0.25) is 0 Å². The number of sulfone groups is 1. The normalized spacial score (nSPS) is 19.5. The summed E-state index contributed by atoms with van der Waals surface area (Å²) >= 11 is 0. The predicted octanol–water partition coefficient (Wildman–Crippen LogP) is 2.99. The third-order valence-electron chi connectivity index (χ3n) is 5.51. The molecular weight excluding hydrogens is 499 g/mol. The summed E-state index contributed by atoms with van der Waals surface area (Å²) in [5.41, 5.74) is 1.31. The largest absolute Gasteiger partial charge is 0.357 e. The Kier molecular flexibility index (Phi) is 10.4. The number of nitrogens with zero attached hydrogens (tertiary/aromatic N) is 3. The third-order valence-corrected chi connectivity index (χ3v) is 8.05. The minimum Gasteiger partial charge on any atom is -0.357 e. The fourth-order valence-corrected chi connectivity index (χ4v) is 4.72. The van der Waals surface area contributed by atoms with Gasteiger partial charge in [0.2, 0.25) is 0 Å². The van der Waals surface area contributed by atoms with Gasteiger partial charge in [0.25, 0.3) is 0 Å². The maximum absolute atomic E-state index is 12.3. The van der Waals surface area contributed by atoms with Gasteiger partial charge in [0, 0.05) is 38.8 Å². The molecule has 1 fully saturated rings. The topological polar surface area (TPSA) is 65.0 Å². The number of hydrogen-bond donors (Lipinski definition) is 1. The van der Waals surface area contributed by atoms with Crippen LogP contribution in [0.3, 0.4) is 0 Å². The highest BCUT2D eigenvalue weighted by atomic mass is 127. The van der Waals surface area contributed by atoms with Crippen molar-refractivity contribution in [3.8, 4) is 0 Å². The van der Waals surface area contributed by atoms with Gasteiger partial charge in [-0.25, -0.2) is 8.42 Å². The molecule has 1 aromatic carbocycles. The van der Waals surface area contributed by atoms with Gasteiger partial charge in [-0.1, -0.05) is 30.3 Å². The lowest BCUT2D eigenvalue weighted by molar-refractivity contribution is 0.240. The van der Waals surface area contributed by atoms with E-state index in [4.69, 9.17) is 4.99 Å². The fourth-order valence-electron chi connectivity index (χ4n) is 3.36. The first-order chi connectivity index (χ1) is 13.2. The molecule has 1 aromatic rings. The summed E-state index contributed by atoms with van der Waals surface area (Å²) in [6.07, 6.45) is 0.952. The first-order valence-corrected chi connectivity index (χ1v) is 11.8. The number of nitrogens with one attached hydrogen (secondary N) is 1. The van der Waals surface area contributed by atoms with E-state index < -0.39 is 14.6 Å². The van der Waals surface area contributed by atoms with Gasteiger partial charge in [0.1, 0.15) is 0 Å². The van der Waals surface area contributed by atoms with Gasteiger partial charge in [0.05, 0.1) is 10.5 Å². The Morgan fingerprint density at radius 3 is 2.55 bits per heavy atom. The summed E-state index contributed by atoms with van der Waals surface area (Å²) < 4.78 is 23.8. The summed E-state index contributed by atoms with van der Waals surface area (Å²) in [6, 6.07) is 10.9. The van der Waals surface area contributed by atoms with E-state index in [0.717, 1.165) is 25.5 Å². The van der Waals surface area contributed by atoms with E-state index in [2.05, 4.69) is 53.4 Å². The van der Waals surface area contributed by atoms with Crippen LogP contribution >= 0.6 is 24.0 Å². The van der Waals surface area contributed by atoms with Crippen molar-refractivity contribution in [3.63, 3.8) is 0 Å². The van der Waals surface area contributed by atoms with Crippen molar-refractivity contribution in [1.29, 1.82) is 0 Å². The van der Waals surface area contributed by atoms with Crippen molar-refractivity contribution < 1.29 is 8.42 Å². The molecule has 1 aliphatic heterocycles. The highest BCUT2D eigenvalue weighted by molar-refractivity contribution is 14.0. The van der Waals surface area contributed by atoms with Gasteiger partial charge in [-0.3, -0.25) is 9.89 Å². The third kappa shape index (κ3) is 7.40. The molecule has 0 bridgehead atoms. The Bertz CT molecular complexity index is 753. The van der Waals surface area contributed by atoms with Crippen molar-refractivity contribution >= 4 is 39.8 Å². The molecule has 0 saturated carbocycles. The Labute approximate surface area is 194 Å². The smallest absolute Gasteiger partial charge is 0.193 e. The van der Waals surface area contributed by atoms with Crippen molar-refractivity contribution in [3.05, 3.63) is 35.9 Å². The molecule has 0 aromatic heterocycles. The lowest BCUT2D eigenvalue weighted by atomic mass is 10.1. The zero-order valence-electron chi connectivity index (χ0n) is 18.4. The molecule has 1 saturated heterocycles. The molecule has 1 atom stereocenters. The van der Waals surface area contributed by atoms with Crippen LogP contribution in [-0.4, -0.2) is 73.9 Å². The number of hydrogen-bond acceptors (Lipinski definition) is 4. The quantitative estimate of drug-likeness (QED) is 0.330. The molecule has 29 heavy (non-hydrogen) atoms. The van der Waals surface area contributed by atoms with Gasteiger partial charge < -0.3 is 10.2 Å². The van der Waals surface area contributed by atoms with E-state index in [-0.39, 0.29) is 29.7 Å². The lowest BCUT2D eigenvalue weighted by Crippen LogP contribution is -2.57. The monoisotopic (exact) mass is 536 g/mol. The summed E-state index contributed by atoms with van der Waals surface area (Å²) in [5.74, 6) is 1.00. The molecule has 1 aliphatic rings. The summed E-state index contributed by atoms with van der Waals surface area (Å²) in [6.45, 7) is 11.3. The van der Waals surface area contributed by atoms with Crippen LogP contribution in [0.15, 0.2) is 35.3 Å². The first kappa shape index (κ1) is 26.2. The Hall–Kier alpha value is -0.870. The van der Waals surface area contributed by atoms with Crippen LogP contribution in [-0.2, 0) is 16.4 Å². The van der Waals surface area contributed by atoms with Crippen molar-refractivity contribution in [2.45, 2.75) is 51.4 Å². The number of benzene rings is 1. The molecule has 1 unspecified atom stereocenters. The van der Waals surface area contributed by atoms with Crippen LogP contribution in [0.4, 0.5) is 0 Å². The minimum atomic E-state index is -3.05. The lowest BCUT2D eigenvalue weighted by Gasteiger charge is -2.39. The van der Waals surface area contributed by atoms with Crippen LogP contribution in [0.5, 0.6) is 0 Å². The van der Waals surface area contributed by atoms with E-state index in [0.29, 0.717) is 25.7 Å². The minimum absolute atomic E-state index is 0. The van der Waals surface area contributed by atoms with E-state index in [1.807, 2.05) is 13.0 Å². The molecular formula is C21H37IN4O2S. The Balaban J connectivity index is 0.00000420. The second kappa shape index (κ2) is 11.5. The van der Waals surface area contributed by atoms with Crippen LogP contribution in [0, 0.1) is 0 Å². The van der Waals surface area contributed by atoms with Crippen LogP contribution < -0.4 is 5.32 Å². The van der Waals surface area contributed by atoms with Gasteiger partial charge in [-0.15, -0.1) is 24.0 Å². The van der Waals surface area contributed by atoms with E-state index in [1.165, 1.54) is 5.56 Å². The van der Waals surface area contributed by atoms with E-state index >= 15 is 0 Å². The van der Waals surface area contributed by atoms with Gasteiger partial charge >= 0.3 is 0 Å². The summed E-state index contributed by atoms with van der Waals surface area (Å²) in [7, 11) is -0.905. The van der Waals surface area contributed by atoms with Crippen LogP contribution in [0.1, 0.15) is 39.7 Å². The van der Waals surface area contributed by atoms with Crippen molar-refractivity contribution in [2.75, 3.05) is 39.0 Å². The van der Waals surface area contributed by atoms with Gasteiger partial charge in [0.15, 0.2) is 15.8 Å². The predicted molar refractivity (Wildman–Crippen MR) is 133 cm³/mol. The second-order valence-electron chi connectivity index (χ2n) is 8.27. The molecule has 166 valence electrons. The Morgan fingerprint density at radius 1 is 1.31 bits per heavy atom. The first-order valence-electron chi connectivity index (χ1n) is 10.2. The average molecular weight is 537 g/mol. The van der Waals surface area contributed by atoms with Gasteiger partial charge in [-0.05, 0) is 46.7 Å². The highest BCUT2D eigenvalue weighted by Crippen LogP contribution is 2.23.